The molecule has 0 bridgehead atoms. The summed E-state index contributed by atoms with van der Waals surface area (Å²) in [6, 6.07) is 7.11. The van der Waals surface area contributed by atoms with E-state index in [0.717, 1.165) is 37.3 Å². The second-order valence-corrected chi connectivity index (χ2v) is 5.51. The molecular formula is C17H12F6O3. The zero-order valence-electron chi connectivity index (χ0n) is 13.2. The van der Waals surface area contributed by atoms with Gasteiger partial charge in [0.2, 0.25) is 5.60 Å². The quantitative estimate of drug-likeness (QED) is 0.753. The van der Waals surface area contributed by atoms with Crippen molar-refractivity contribution in [1.82, 2.24) is 0 Å². The predicted octanol–water partition coefficient (Wildman–Crippen LogP) is 5.10. The molecule has 0 aromatic heterocycles. The molecule has 0 aliphatic heterocycles. The van der Waals surface area contributed by atoms with Crippen molar-refractivity contribution >= 4 is 5.97 Å². The van der Waals surface area contributed by atoms with E-state index in [1.807, 2.05) is 0 Å². The number of benzene rings is 2. The normalized spacial score (nSPS) is 14.6. The molecule has 9 heteroatoms. The molecule has 2 aromatic carbocycles. The van der Waals surface area contributed by atoms with Gasteiger partial charge in [-0.05, 0) is 31.2 Å². The largest absolute Gasteiger partial charge is 0.478 e. The second kappa shape index (κ2) is 6.54. The summed E-state index contributed by atoms with van der Waals surface area (Å²) in [6.07, 6.45) is -9.58. The third kappa shape index (κ3) is 3.92. The molecule has 0 saturated heterocycles. The Bertz CT molecular complexity index is 813. The Morgan fingerprint density at radius 1 is 0.885 bits per heavy atom. The van der Waals surface area contributed by atoms with Crippen LogP contribution >= 0.6 is 0 Å². The Kier molecular flexibility index (Phi) is 4.94. The molecule has 2 rings (SSSR count). The molecule has 0 amide bonds. The van der Waals surface area contributed by atoms with Crippen molar-refractivity contribution in [3.63, 3.8) is 0 Å². The molecule has 0 heterocycles. The number of para-hydroxylation sites is 1. The molecule has 2 aromatic rings. The van der Waals surface area contributed by atoms with Crippen molar-refractivity contribution in [1.29, 1.82) is 0 Å². The van der Waals surface area contributed by atoms with Gasteiger partial charge in [0.05, 0.1) is 11.1 Å². The van der Waals surface area contributed by atoms with Crippen LogP contribution in [0.25, 0.3) is 0 Å². The molecule has 3 nitrogen and oxygen atoms in total. The molecule has 26 heavy (non-hydrogen) atoms. The van der Waals surface area contributed by atoms with E-state index in [4.69, 9.17) is 4.74 Å². The van der Waals surface area contributed by atoms with Crippen molar-refractivity contribution < 1.29 is 41.0 Å². The fraction of sp³-hybridized carbons (Fsp3) is 0.235. The summed E-state index contributed by atoms with van der Waals surface area (Å²) in [5.41, 5.74) is -5.30. The maximum Gasteiger partial charge on any atom is 0.419 e. The summed E-state index contributed by atoms with van der Waals surface area (Å²) >= 11 is 0. The van der Waals surface area contributed by atoms with Crippen LogP contribution in [-0.2, 0) is 22.7 Å². The number of hydrogen-bond acceptors (Lipinski definition) is 2. The van der Waals surface area contributed by atoms with Gasteiger partial charge in [-0.3, -0.25) is 0 Å². The van der Waals surface area contributed by atoms with Crippen LogP contribution in [0.5, 0.6) is 5.75 Å². The van der Waals surface area contributed by atoms with E-state index in [2.05, 4.69) is 0 Å². The Labute approximate surface area is 143 Å². The molecule has 0 radical (unpaired) electrons. The van der Waals surface area contributed by atoms with Crippen LogP contribution in [-0.4, -0.2) is 11.1 Å². The molecule has 0 fully saturated rings. The lowest BCUT2D eigenvalue weighted by atomic mass is 9.93. The fourth-order valence-corrected chi connectivity index (χ4v) is 2.23. The van der Waals surface area contributed by atoms with Gasteiger partial charge in [-0.15, -0.1) is 0 Å². The average Bonchev–Trinajstić information content (AvgIpc) is 2.53. The summed E-state index contributed by atoms with van der Waals surface area (Å²) in [7, 11) is 0. The summed E-state index contributed by atoms with van der Waals surface area (Å²) in [5, 5.41) is 9.45. The lowest BCUT2D eigenvalue weighted by Crippen LogP contribution is -2.39. The van der Waals surface area contributed by atoms with Gasteiger partial charge in [-0.1, -0.05) is 24.3 Å². The smallest absolute Gasteiger partial charge is 0.419 e. The zero-order chi connectivity index (χ0) is 19.8. The van der Waals surface area contributed by atoms with Gasteiger partial charge < -0.3 is 9.84 Å². The summed E-state index contributed by atoms with van der Waals surface area (Å²) in [4.78, 5) is 11.7. The van der Waals surface area contributed by atoms with Gasteiger partial charge in [0.1, 0.15) is 5.75 Å². The summed E-state index contributed by atoms with van der Waals surface area (Å²) < 4.78 is 82.9. The third-order valence-electron chi connectivity index (χ3n) is 3.66. The topological polar surface area (TPSA) is 46.5 Å². The lowest BCUT2D eigenvalue weighted by molar-refractivity contribution is -0.157. The van der Waals surface area contributed by atoms with Crippen molar-refractivity contribution in [2.24, 2.45) is 0 Å². The first-order valence-electron chi connectivity index (χ1n) is 7.12. The SMILES string of the molecule is CC(Oc1ccccc1C(F)(F)F)(C(=O)O)c1cccc(C(F)(F)F)c1. The summed E-state index contributed by atoms with van der Waals surface area (Å²) in [6.45, 7) is 0.887. The average molecular weight is 378 g/mol. The maximum atomic E-state index is 13.1. The number of ether oxygens (including phenoxy) is 1. The van der Waals surface area contributed by atoms with Crippen LogP contribution in [0.4, 0.5) is 26.3 Å². The molecule has 1 atom stereocenters. The predicted molar refractivity (Wildman–Crippen MR) is 78.5 cm³/mol. The number of aliphatic carboxylic acids is 1. The highest BCUT2D eigenvalue weighted by Crippen LogP contribution is 2.40. The molecule has 0 spiro atoms. The van der Waals surface area contributed by atoms with Crippen LogP contribution in [0.15, 0.2) is 48.5 Å². The number of alkyl halides is 6. The molecule has 1 N–H and O–H groups in total. The first kappa shape index (κ1) is 19.6. The van der Waals surface area contributed by atoms with Gasteiger partial charge in [0, 0.05) is 5.56 Å². The Morgan fingerprint density at radius 2 is 1.46 bits per heavy atom. The third-order valence-corrected chi connectivity index (χ3v) is 3.66. The summed E-state index contributed by atoms with van der Waals surface area (Å²) in [5.74, 6) is -2.55. The molecule has 140 valence electrons. The van der Waals surface area contributed by atoms with E-state index in [1.54, 1.807) is 0 Å². The number of carbonyl (C=O) groups is 1. The van der Waals surface area contributed by atoms with Crippen LogP contribution in [0.2, 0.25) is 0 Å². The highest BCUT2D eigenvalue weighted by molar-refractivity contribution is 5.79. The highest BCUT2D eigenvalue weighted by Gasteiger charge is 2.43. The second-order valence-electron chi connectivity index (χ2n) is 5.51. The van der Waals surface area contributed by atoms with E-state index in [-0.39, 0.29) is 0 Å². The molecule has 0 aliphatic rings. The lowest BCUT2D eigenvalue weighted by Gasteiger charge is -2.28. The number of rotatable bonds is 4. The van der Waals surface area contributed by atoms with Gasteiger partial charge in [-0.25, -0.2) is 4.79 Å². The monoisotopic (exact) mass is 378 g/mol. The number of carboxylic acid groups (broad SMARTS) is 1. The fourth-order valence-electron chi connectivity index (χ4n) is 2.23. The van der Waals surface area contributed by atoms with E-state index in [9.17, 15) is 36.2 Å². The van der Waals surface area contributed by atoms with Crippen LogP contribution in [0, 0.1) is 0 Å². The van der Waals surface area contributed by atoms with Crippen LogP contribution in [0.3, 0.4) is 0 Å². The number of halogens is 6. The number of hydrogen-bond donors (Lipinski definition) is 1. The van der Waals surface area contributed by atoms with Gasteiger partial charge in [-0.2, -0.15) is 26.3 Å². The minimum atomic E-state index is -4.83. The van der Waals surface area contributed by atoms with E-state index < -0.39 is 46.4 Å². The van der Waals surface area contributed by atoms with Gasteiger partial charge in [0.25, 0.3) is 0 Å². The standard InChI is InChI=1S/C17H12F6O3/c1-15(14(24)25,10-5-4-6-11(9-10)16(18,19)20)26-13-8-3-2-7-12(13)17(21,22)23/h2-9H,1H3,(H,24,25). The minimum absolute atomic E-state index is 0.447. The maximum absolute atomic E-state index is 13.1. The van der Waals surface area contributed by atoms with Gasteiger partial charge in [0.15, 0.2) is 0 Å². The van der Waals surface area contributed by atoms with Crippen molar-refractivity contribution in [3.8, 4) is 5.75 Å². The number of carboxylic acids is 1. The van der Waals surface area contributed by atoms with E-state index in [1.165, 1.54) is 6.07 Å². The van der Waals surface area contributed by atoms with E-state index in [0.29, 0.717) is 12.1 Å². The van der Waals surface area contributed by atoms with Crippen LogP contribution < -0.4 is 4.74 Å². The first-order chi connectivity index (χ1) is 11.9. The first-order valence-corrected chi connectivity index (χ1v) is 7.12. The van der Waals surface area contributed by atoms with Crippen molar-refractivity contribution in [3.05, 3.63) is 65.2 Å². The Hall–Kier alpha value is -2.71. The Balaban J connectivity index is 2.56. The zero-order valence-corrected chi connectivity index (χ0v) is 13.2. The van der Waals surface area contributed by atoms with Crippen LogP contribution in [0.1, 0.15) is 23.6 Å². The highest BCUT2D eigenvalue weighted by atomic mass is 19.4. The molecule has 0 saturated carbocycles. The molecule has 1 unspecified atom stereocenters. The van der Waals surface area contributed by atoms with Gasteiger partial charge >= 0.3 is 18.3 Å². The Morgan fingerprint density at radius 3 is 2.00 bits per heavy atom. The van der Waals surface area contributed by atoms with Crippen molar-refractivity contribution in [2.45, 2.75) is 24.9 Å². The minimum Gasteiger partial charge on any atom is -0.478 e. The van der Waals surface area contributed by atoms with E-state index >= 15 is 0 Å². The van der Waals surface area contributed by atoms with Crippen molar-refractivity contribution in [2.75, 3.05) is 0 Å². The molecule has 0 aliphatic carbocycles. The molecular weight excluding hydrogens is 366 g/mol.